The molecule has 2 aromatic carbocycles. The van der Waals surface area contributed by atoms with Crippen molar-refractivity contribution in [3.8, 4) is 5.75 Å². The van der Waals surface area contributed by atoms with E-state index in [-0.39, 0.29) is 26.5 Å². The largest absolute Gasteiger partial charge is 0.497 e. The van der Waals surface area contributed by atoms with Gasteiger partial charge >= 0.3 is 13.6 Å². The molecule has 0 aromatic heterocycles. The number of ether oxygens (including phenoxy) is 2. The summed E-state index contributed by atoms with van der Waals surface area (Å²) in [6.07, 6.45) is 1.31. The van der Waals surface area contributed by atoms with Crippen molar-refractivity contribution < 1.29 is 28.6 Å². The summed E-state index contributed by atoms with van der Waals surface area (Å²) in [6.45, 7) is 0. The van der Waals surface area contributed by atoms with E-state index in [9.17, 15) is 19.1 Å². The van der Waals surface area contributed by atoms with Gasteiger partial charge in [-0.2, -0.15) is 0 Å². The molecule has 138 valence electrons. The van der Waals surface area contributed by atoms with Gasteiger partial charge < -0.3 is 19.3 Å². The molecule has 9 heteroatoms. The molecule has 0 saturated carbocycles. The molecule has 0 amide bonds. The van der Waals surface area contributed by atoms with Crippen molar-refractivity contribution in [3.05, 3.63) is 63.1 Å². The number of hydrogen-bond acceptors (Lipinski definition) is 4. The Bertz CT molecular complexity index is 896. The molecule has 2 rings (SSSR count). The molecule has 2 N–H and O–H groups in total. The van der Waals surface area contributed by atoms with Gasteiger partial charge in [0.15, 0.2) is 0 Å². The van der Waals surface area contributed by atoms with Crippen LogP contribution in [-0.2, 0) is 9.30 Å². The smallest absolute Gasteiger partial charge is 0.356 e. The van der Waals surface area contributed by atoms with E-state index in [1.807, 2.05) is 0 Å². The minimum Gasteiger partial charge on any atom is -0.497 e. The summed E-state index contributed by atoms with van der Waals surface area (Å²) in [5, 5.41) is -0.459. The van der Waals surface area contributed by atoms with Crippen LogP contribution in [0, 0.1) is 0 Å². The van der Waals surface area contributed by atoms with E-state index in [0.717, 1.165) is 0 Å². The highest BCUT2D eigenvalue weighted by molar-refractivity contribution is 7.63. The van der Waals surface area contributed by atoms with E-state index < -0.39 is 13.6 Å². The Labute approximate surface area is 160 Å². The number of halogens is 2. The van der Waals surface area contributed by atoms with Crippen LogP contribution >= 0.6 is 30.8 Å². The molecule has 0 atom stereocenters. The van der Waals surface area contributed by atoms with Crippen LogP contribution in [0.4, 0.5) is 0 Å². The summed E-state index contributed by atoms with van der Waals surface area (Å²) in [5.74, 6) is -0.220. The Balaban J connectivity index is 2.64. The molecule has 0 aliphatic heterocycles. The number of esters is 1. The van der Waals surface area contributed by atoms with E-state index in [0.29, 0.717) is 11.3 Å². The molecular weight excluding hydrogens is 402 g/mol. The molecular formula is C17H15Cl2O6P. The summed E-state index contributed by atoms with van der Waals surface area (Å²) in [4.78, 5) is 31.2. The first kappa shape index (κ1) is 20.5. The van der Waals surface area contributed by atoms with Crippen molar-refractivity contribution in [2.24, 2.45) is 0 Å². The van der Waals surface area contributed by atoms with Gasteiger partial charge in [-0.15, -0.1) is 0 Å². The lowest BCUT2D eigenvalue weighted by molar-refractivity contribution is 0.0601. The number of rotatable bonds is 5. The third-order valence-corrected chi connectivity index (χ3v) is 5.05. The summed E-state index contributed by atoms with van der Waals surface area (Å²) in [7, 11) is -2.03. The van der Waals surface area contributed by atoms with Crippen LogP contribution in [0.5, 0.6) is 5.75 Å². The zero-order valence-electron chi connectivity index (χ0n) is 13.8. The van der Waals surface area contributed by atoms with Gasteiger partial charge in [0.25, 0.3) is 0 Å². The lowest BCUT2D eigenvalue weighted by Gasteiger charge is -2.13. The first-order valence-electron chi connectivity index (χ1n) is 7.17. The van der Waals surface area contributed by atoms with E-state index in [2.05, 4.69) is 4.74 Å². The van der Waals surface area contributed by atoms with Crippen LogP contribution < -0.4 is 4.74 Å². The second kappa shape index (κ2) is 8.25. The van der Waals surface area contributed by atoms with Crippen LogP contribution in [0.25, 0.3) is 11.4 Å². The van der Waals surface area contributed by atoms with Gasteiger partial charge in [0, 0.05) is 0 Å². The number of methoxy groups -OCH3 is 2. The van der Waals surface area contributed by atoms with E-state index in [4.69, 9.17) is 27.9 Å². The summed E-state index contributed by atoms with van der Waals surface area (Å²) in [5.41, 5.74) is 0.516. The van der Waals surface area contributed by atoms with Gasteiger partial charge in [0.2, 0.25) is 0 Å². The van der Waals surface area contributed by atoms with Crippen molar-refractivity contribution in [1.82, 2.24) is 0 Å². The standard InChI is InChI=1S/C17H15Cl2O6P/c1-24-12-5-3-4-10(6-12)7-15(26(21,22)23)11-8-13(18)16(14(19)9-11)17(20)25-2/h3-9H,1-2H3,(H2,21,22,23). The van der Waals surface area contributed by atoms with Crippen LogP contribution in [0.2, 0.25) is 10.0 Å². The molecule has 0 heterocycles. The third kappa shape index (κ3) is 4.67. The van der Waals surface area contributed by atoms with E-state index in [1.54, 1.807) is 24.3 Å². The van der Waals surface area contributed by atoms with Crippen molar-refractivity contribution in [1.29, 1.82) is 0 Å². The van der Waals surface area contributed by atoms with Gasteiger partial charge in [-0.3, -0.25) is 4.57 Å². The van der Waals surface area contributed by atoms with Crippen LogP contribution in [0.15, 0.2) is 36.4 Å². The van der Waals surface area contributed by atoms with Crippen LogP contribution in [0.1, 0.15) is 21.5 Å². The SMILES string of the molecule is COC(=O)c1c(Cl)cc(C(=Cc2cccc(OC)c2)P(=O)(O)O)cc1Cl. The minimum atomic E-state index is -4.69. The van der Waals surface area contributed by atoms with Gasteiger partial charge in [-0.25, -0.2) is 4.79 Å². The van der Waals surface area contributed by atoms with E-state index >= 15 is 0 Å². The topological polar surface area (TPSA) is 93.1 Å². The fourth-order valence-corrected chi connectivity index (χ4v) is 3.67. The van der Waals surface area contributed by atoms with Gasteiger partial charge in [0.1, 0.15) is 5.75 Å². The van der Waals surface area contributed by atoms with Crippen LogP contribution in [-0.4, -0.2) is 30.0 Å². The molecule has 0 fully saturated rings. The normalized spacial score (nSPS) is 12.0. The number of hydrogen-bond donors (Lipinski definition) is 2. The van der Waals surface area contributed by atoms with Gasteiger partial charge in [-0.1, -0.05) is 35.3 Å². The zero-order valence-corrected chi connectivity index (χ0v) is 16.2. The Morgan fingerprint density at radius 2 is 1.73 bits per heavy atom. The summed E-state index contributed by atoms with van der Waals surface area (Å²) < 4.78 is 21.7. The fraction of sp³-hybridized carbons (Fsp3) is 0.118. The lowest BCUT2D eigenvalue weighted by atomic mass is 10.1. The highest BCUT2D eigenvalue weighted by Gasteiger charge is 2.26. The van der Waals surface area contributed by atoms with Gasteiger partial charge in [-0.05, 0) is 41.5 Å². The lowest BCUT2D eigenvalue weighted by Crippen LogP contribution is -2.04. The second-order valence-electron chi connectivity index (χ2n) is 5.16. The molecule has 0 unspecified atom stereocenters. The number of carbonyl (C=O) groups is 1. The molecule has 0 aliphatic rings. The van der Waals surface area contributed by atoms with Gasteiger partial charge in [0.05, 0.1) is 35.1 Å². The third-order valence-electron chi connectivity index (χ3n) is 3.44. The van der Waals surface area contributed by atoms with E-state index in [1.165, 1.54) is 32.4 Å². The average Bonchev–Trinajstić information content (AvgIpc) is 2.57. The maximum absolute atomic E-state index is 12.0. The molecule has 6 nitrogen and oxygen atoms in total. The first-order chi connectivity index (χ1) is 12.2. The number of carbonyl (C=O) groups excluding carboxylic acids is 1. The molecule has 26 heavy (non-hydrogen) atoms. The number of benzene rings is 2. The Hall–Kier alpha value is -1.82. The maximum Gasteiger partial charge on any atom is 0.356 e. The average molecular weight is 417 g/mol. The quantitative estimate of drug-likeness (QED) is 0.424. The van der Waals surface area contributed by atoms with Crippen molar-refractivity contribution in [2.45, 2.75) is 0 Å². The van der Waals surface area contributed by atoms with Crippen LogP contribution in [0.3, 0.4) is 0 Å². The highest BCUT2D eigenvalue weighted by atomic mass is 35.5. The Morgan fingerprint density at radius 1 is 1.12 bits per heavy atom. The molecule has 0 spiro atoms. The van der Waals surface area contributed by atoms with Crippen molar-refractivity contribution in [2.75, 3.05) is 14.2 Å². The minimum absolute atomic E-state index is 0.0778. The molecule has 2 aromatic rings. The Kier molecular flexibility index (Phi) is 6.50. The zero-order chi connectivity index (χ0) is 19.5. The predicted octanol–water partition coefficient (Wildman–Crippen LogP) is 4.46. The molecule has 0 bridgehead atoms. The molecule has 0 saturated heterocycles. The Morgan fingerprint density at radius 3 is 2.23 bits per heavy atom. The molecule has 0 aliphatic carbocycles. The summed E-state index contributed by atoms with van der Waals surface area (Å²) in [6, 6.07) is 9.16. The predicted molar refractivity (Wildman–Crippen MR) is 101 cm³/mol. The molecule has 0 radical (unpaired) electrons. The van der Waals surface area contributed by atoms with Crippen molar-refractivity contribution in [3.63, 3.8) is 0 Å². The summed E-state index contributed by atoms with van der Waals surface area (Å²) >= 11 is 12.1. The second-order valence-corrected chi connectivity index (χ2v) is 7.54. The maximum atomic E-state index is 12.0. The monoisotopic (exact) mass is 416 g/mol. The highest BCUT2D eigenvalue weighted by Crippen LogP contribution is 2.53. The fourth-order valence-electron chi connectivity index (χ4n) is 2.24. The van der Waals surface area contributed by atoms with Crippen molar-refractivity contribution >= 4 is 48.2 Å². The first-order valence-corrected chi connectivity index (χ1v) is 9.53.